The van der Waals surface area contributed by atoms with E-state index in [0.717, 1.165) is 33.5 Å². The van der Waals surface area contributed by atoms with Crippen LogP contribution in [0.1, 0.15) is 12.5 Å². The lowest BCUT2D eigenvalue weighted by atomic mass is 10.1. The summed E-state index contributed by atoms with van der Waals surface area (Å²) in [5.74, 6) is 0.916. The van der Waals surface area contributed by atoms with Crippen molar-refractivity contribution in [2.75, 3.05) is 20.3 Å². The number of hydrogen-bond donors (Lipinski definition) is 1. The quantitative estimate of drug-likeness (QED) is 0.449. The van der Waals surface area contributed by atoms with Crippen molar-refractivity contribution in [2.45, 2.75) is 20.0 Å². The van der Waals surface area contributed by atoms with E-state index in [1.165, 1.54) is 0 Å². The molecule has 6 nitrogen and oxygen atoms in total. The first-order valence-electron chi connectivity index (χ1n) is 9.68. The van der Waals surface area contributed by atoms with E-state index in [4.69, 9.17) is 14.2 Å². The third kappa shape index (κ3) is 4.66. The molecule has 1 aromatic heterocycles. The smallest absolute Gasteiger partial charge is 0.333 e. The maximum absolute atomic E-state index is 11.4. The molecular weight excluding hydrogens is 382 g/mol. The third-order valence-corrected chi connectivity index (χ3v) is 4.85. The van der Waals surface area contributed by atoms with E-state index in [1.54, 1.807) is 14.0 Å². The first-order valence-corrected chi connectivity index (χ1v) is 9.68. The standard InChI is InChI=1S/C24H27NO5/c1-15(2)24(27)30-14-18(26)13-29-19-8-7-17-11-22(25(4)21(17)12-19)20-9-6-16(3)10-23(20)28-5/h6-12,18,26H,1,13-14H2,2-5H3. The highest BCUT2D eigenvalue weighted by atomic mass is 16.5. The Hall–Kier alpha value is -3.25. The van der Waals surface area contributed by atoms with Gasteiger partial charge in [0.25, 0.3) is 0 Å². The number of carbonyl (C=O) groups is 1. The topological polar surface area (TPSA) is 69.9 Å². The Labute approximate surface area is 176 Å². The third-order valence-electron chi connectivity index (χ3n) is 4.85. The lowest BCUT2D eigenvalue weighted by Gasteiger charge is -2.13. The van der Waals surface area contributed by atoms with E-state index in [2.05, 4.69) is 29.3 Å². The van der Waals surface area contributed by atoms with E-state index < -0.39 is 12.1 Å². The Morgan fingerprint density at radius 1 is 1.17 bits per heavy atom. The summed E-state index contributed by atoms with van der Waals surface area (Å²) in [6.07, 6.45) is -0.926. The van der Waals surface area contributed by atoms with Crippen LogP contribution in [0.25, 0.3) is 22.2 Å². The monoisotopic (exact) mass is 409 g/mol. The van der Waals surface area contributed by atoms with Gasteiger partial charge >= 0.3 is 5.97 Å². The van der Waals surface area contributed by atoms with Gasteiger partial charge in [0.2, 0.25) is 0 Å². The lowest BCUT2D eigenvalue weighted by Crippen LogP contribution is -2.25. The number of aromatic nitrogens is 1. The molecule has 2 aromatic carbocycles. The van der Waals surface area contributed by atoms with Crippen LogP contribution in [0, 0.1) is 6.92 Å². The van der Waals surface area contributed by atoms with Crippen LogP contribution in [-0.4, -0.2) is 42.1 Å². The van der Waals surface area contributed by atoms with Gasteiger partial charge in [-0.05, 0) is 49.7 Å². The SMILES string of the molecule is C=C(C)C(=O)OCC(O)COc1ccc2cc(-c3ccc(C)cc3OC)n(C)c2c1. The van der Waals surface area contributed by atoms with Gasteiger partial charge in [-0.15, -0.1) is 0 Å². The number of hydrogen-bond acceptors (Lipinski definition) is 5. The Balaban J connectivity index is 1.76. The summed E-state index contributed by atoms with van der Waals surface area (Å²) in [7, 11) is 3.67. The summed E-state index contributed by atoms with van der Waals surface area (Å²) in [4.78, 5) is 11.4. The van der Waals surface area contributed by atoms with Crippen molar-refractivity contribution in [2.24, 2.45) is 7.05 Å². The van der Waals surface area contributed by atoms with Crippen molar-refractivity contribution >= 4 is 16.9 Å². The Morgan fingerprint density at radius 2 is 1.93 bits per heavy atom. The second-order valence-corrected chi connectivity index (χ2v) is 7.36. The number of benzene rings is 2. The molecular formula is C24H27NO5. The Bertz CT molecular complexity index is 1080. The number of nitrogens with zero attached hydrogens (tertiary/aromatic N) is 1. The molecule has 0 bridgehead atoms. The fourth-order valence-electron chi connectivity index (χ4n) is 3.20. The maximum Gasteiger partial charge on any atom is 0.333 e. The molecule has 1 heterocycles. The minimum Gasteiger partial charge on any atom is -0.496 e. The molecule has 0 fully saturated rings. The lowest BCUT2D eigenvalue weighted by molar-refractivity contribution is -0.142. The van der Waals surface area contributed by atoms with Crippen LogP contribution in [0.3, 0.4) is 0 Å². The summed E-state index contributed by atoms with van der Waals surface area (Å²) < 4.78 is 18.3. The number of ether oxygens (including phenoxy) is 3. The molecule has 0 aliphatic carbocycles. The molecule has 0 spiro atoms. The summed E-state index contributed by atoms with van der Waals surface area (Å²) >= 11 is 0. The van der Waals surface area contributed by atoms with Gasteiger partial charge in [-0.25, -0.2) is 4.79 Å². The van der Waals surface area contributed by atoms with Crippen LogP contribution in [0.4, 0.5) is 0 Å². The number of aliphatic hydroxyl groups is 1. The normalized spacial score (nSPS) is 11.9. The van der Waals surface area contributed by atoms with Crippen LogP contribution in [-0.2, 0) is 16.6 Å². The molecule has 1 unspecified atom stereocenters. The molecule has 6 heteroatoms. The highest BCUT2D eigenvalue weighted by Gasteiger charge is 2.14. The molecule has 0 radical (unpaired) electrons. The summed E-state index contributed by atoms with van der Waals surface area (Å²) in [6, 6.07) is 14.0. The number of rotatable bonds is 8. The molecule has 158 valence electrons. The van der Waals surface area contributed by atoms with E-state index in [1.807, 2.05) is 38.2 Å². The van der Waals surface area contributed by atoms with Crippen LogP contribution in [0.5, 0.6) is 11.5 Å². The predicted molar refractivity (Wildman–Crippen MR) is 117 cm³/mol. The molecule has 3 rings (SSSR count). The first kappa shape index (κ1) is 21.5. The number of fused-ring (bicyclic) bond motifs is 1. The molecule has 1 atom stereocenters. The molecule has 3 aromatic rings. The molecule has 0 saturated carbocycles. The summed E-state index contributed by atoms with van der Waals surface area (Å²) in [6.45, 7) is 6.96. The highest BCUT2D eigenvalue weighted by molar-refractivity contribution is 5.89. The molecule has 1 N–H and O–H groups in total. The summed E-state index contributed by atoms with van der Waals surface area (Å²) in [5.41, 5.74) is 4.47. The van der Waals surface area contributed by atoms with Gasteiger partial charge in [0.05, 0.1) is 18.3 Å². The van der Waals surface area contributed by atoms with E-state index in [9.17, 15) is 9.90 Å². The predicted octanol–water partition coefficient (Wildman–Crippen LogP) is 4.02. The van der Waals surface area contributed by atoms with E-state index in [-0.39, 0.29) is 13.2 Å². The second kappa shape index (κ2) is 9.05. The number of methoxy groups -OCH3 is 1. The zero-order valence-corrected chi connectivity index (χ0v) is 17.8. The molecule has 0 aliphatic rings. The van der Waals surface area contributed by atoms with Crippen LogP contribution < -0.4 is 9.47 Å². The van der Waals surface area contributed by atoms with Gasteiger partial charge in [0, 0.05) is 29.6 Å². The minimum absolute atomic E-state index is 0.0119. The van der Waals surface area contributed by atoms with Crippen molar-refractivity contribution < 1.29 is 24.1 Å². The van der Waals surface area contributed by atoms with Crippen LogP contribution in [0.2, 0.25) is 0 Å². The van der Waals surface area contributed by atoms with E-state index >= 15 is 0 Å². The second-order valence-electron chi connectivity index (χ2n) is 7.36. The van der Waals surface area contributed by atoms with Gasteiger partial charge in [0.1, 0.15) is 30.8 Å². The molecule has 0 saturated heterocycles. The van der Waals surface area contributed by atoms with Crippen molar-refractivity contribution in [1.82, 2.24) is 4.57 Å². The fourth-order valence-corrected chi connectivity index (χ4v) is 3.20. The van der Waals surface area contributed by atoms with Crippen molar-refractivity contribution in [3.8, 4) is 22.8 Å². The molecule has 30 heavy (non-hydrogen) atoms. The zero-order valence-electron chi connectivity index (χ0n) is 17.8. The van der Waals surface area contributed by atoms with E-state index in [0.29, 0.717) is 11.3 Å². The largest absolute Gasteiger partial charge is 0.496 e. The number of aryl methyl sites for hydroxylation is 2. The van der Waals surface area contributed by atoms with Gasteiger partial charge in [-0.3, -0.25) is 0 Å². The number of esters is 1. The van der Waals surface area contributed by atoms with Crippen molar-refractivity contribution in [3.05, 3.63) is 60.2 Å². The Kier molecular flexibility index (Phi) is 6.47. The zero-order chi connectivity index (χ0) is 21.8. The molecule has 0 aliphatic heterocycles. The number of carbonyl (C=O) groups excluding carboxylic acids is 1. The first-order chi connectivity index (χ1) is 14.3. The molecule has 0 amide bonds. The van der Waals surface area contributed by atoms with Gasteiger partial charge in [0.15, 0.2) is 0 Å². The average Bonchev–Trinajstić information content (AvgIpc) is 3.06. The Morgan fingerprint density at radius 3 is 2.63 bits per heavy atom. The average molecular weight is 409 g/mol. The fraction of sp³-hybridized carbons (Fsp3) is 0.292. The van der Waals surface area contributed by atoms with Gasteiger partial charge in [-0.1, -0.05) is 12.6 Å². The minimum atomic E-state index is -0.926. The van der Waals surface area contributed by atoms with Crippen molar-refractivity contribution in [3.63, 3.8) is 0 Å². The van der Waals surface area contributed by atoms with Crippen LogP contribution in [0.15, 0.2) is 54.6 Å². The highest BCUT2D eigenvalue weighted by Crippen LogP contribution is 2.35. The van der Waals surface area contributed by atoms with Crippen LogP contribution >= 0.6 is 0 Å². The van der Waals surface area contributed by atoms with Gasteiger partial charge in [-0.2, -0.15) is 0 Å². The van der Waals surface area contributed by atoms with Gasteiger partial charge < -0.3 is 23.9 Å². The summed E-state index contributed by atoms with van der Waals surface area (Å²) in [5, 5.41) is 11.1. The maximum atomic E-state index is 11.4. The van der Waals surface area contributed by atoms with Crippen molar-refractivity contribution in [1.29, 1.82) is 0 Å². The number of aliphatic hydroxyl groups excluding tert-OH is 1.